The second kappa shape index (κ2) is 8.03. The lowest BCUT2D eigenvalue weighted by atomic mass is 10.3. The maximum absolute atomic E-state index is 12.4. The predicted molar refractivity (Wildman–Crippen MR) is 113 cm³/mol. The van der Waals surface area contributed by atoms with E-state index < -0.39 is 12.9 Å². The van der Waals surface area contributed by atoms with Gasteiger partial charge in [0.2, 0.25) is 0 Å². The Morgan fingerprint density at radius 1 is 0.769 bits per heavy atom. The SMILES string of the molecule is C=CCC(C(=O)O)=P(c1ccccc1)(c1ccccc1)c1ccccc1. The van der Waals surface area contributed by atoms with Crippen LogP contribution >= 0.6 is 6.89 Å². The van der Waals surface area contributed by atoms with Gasteiger partial charge in [-0.05, 0) is 29.2 Å². The third kappa shape index (κ3) is 3.16. The molecule has 0 aliphatic heterocycles. The molecule has 0 heterocycles. The van der Waals surface area contributed by atoms with Crippen molar-refractivity contribution in [1.82, 2.24) is 0 Å². The Balaban J connectivity index is 2.58. The first-order valence-electron chi connectivity index (χ1n) is 8.47. The van der Waals surface area contributed by atoms with Crippen molar-refractivity contribution >= 4 is 34.1 Å². The first-order chi connectivity index (χ1) is 12.7. The minimum Gasteiger partial charge on any atom is -0.478 e. The van der Waals surface area contributed by atoms with Gasteiger partial charge in [-0.2, -0.15) is 0 Å². The molecule has 0 spiro atoms. The Hall–Kier alpha value is -2.83. The topological polar surface area (TPSA) is 37.3 Å². The predicted octanol–water partition coefficient (Wildman–Crippen LogP) is 3.81. The van der Waals surface area contributed by atoms with Crippen LogP contribution in [0.5, 0.6) is 0 Å². The normalized spacial score (nSPS) is 10.9. The summed E-state index contributed by atoms with van der Waals surface area (Å²) in [5.74, 6) is -0.866. The molecule has 2 nitrogen and oxygen atoms in total. The highest BCUT2D eigenvalue weighted by atomic mass is 31.2. The van der Waals surface area contributed by atoms with Gasteiger partial charge >= 0.3 is 5.97 Å². The fourth-order valence-corrected chi connectivity index (χ4v) is 7.75. The molecule has 0 aromatic heterocycles. The van der Waals surface area contributed by atoms with E-state index in [1.165, 1.54) is 0 Å². The number of allylic oxidation sites excluding steroid dienone is 1. The lowest BCUT2D eigenvalue weighted by Crippen LogP contribution is -2.33. The molecular weight excluding hydrogens is 339 g/mol. The third-order valence-electron chi connectivity index (χ3n) is 4.42. The van der Waals surface area contributed by atoms with Crippen LogP contribution in [0.3, 0.4) is 0 Å². The van der Waals surface area contributed by atoms with Crippen LogP contribution in [0.25, 0.3) is 0 Å². The molecule has 3 aromatic carbocycles. The van der Waals surface area contributed by atoms with E-state index in [-0.39, 0.29) is 0 Å². The number of carbonyl (C=O) groups is 1. The number of aliphatic carboxylic acids is 1. The van der Waals surface area contributed by atoms with Gasteiger partial charge in [-0.25, -0.2) is 4.79 Å². The summed E-state index contributed by atoms with van der Waals surface area (Å²) in [6.07, 6.45) is 2.02. The van der Waals surface area contributed by atoms with Gasteiger partial charge in [-0.15, -0.1) is 6.58 Å². The second-order valence-corrected chi connectivity index (χ2v) is 9.35. The minimum atomic E-state index is -2.49. The van der Waals surface area contributed by atoms with E-state index >= 15 is 0 Å². The molecule has 3 aromatic rings. The van der Waals surface area contributed by atoms with E-state index in [4.69, 9.17) is 0 Å². The van der Waals surface area contributed by atoms with Crippen molar-refractivity contribution in [3.63, 3.8) is 0 Å². The Labute approximate surface area is 154 Å². The summed E-state index contributed by atoms with van der Waals surface area (Å²) < 4.78 is 0. The molecule has 0 aliphatic rings. The van der Waals surface area contributed by atoms with E-state index in [1.807, 2.05) is 91.0 Å². The van der Waals surface area contributed by atoms with Gasteiger partial charge in [0.05, 0.1) is 5.29 Å². The molecule has 0 amide bonds. The van der Waals surface area contributed by atoms with Crippen molar-refractivity contribution < 1.29 is 9.90 Å². The van der Waals surface area contributed by atoms with Gasteiger partial charge < -0.3 is 5.11 Å². The molecule has 0 fully saturated rings. The van der Waals surface area contributed by atoms with Gasteiger partial charge in [0.1, 0.15) is 0 Å². The average molecular weight is 360 g/mol. The average Bonchev–Trinajstić information content (AvgIpc) is 2.70. The number of carboxylic acids is 1. The number of rotatable bonds is 6. The van der Waals surface area contributed by atoms with Crippen molar-refractivity contribution in [1.29, 1.82) is 0 Å². The van der Waals surface area contributed by atoms with Crippen molar-refractivity contribution in [2.75, 3.05) is 0 Å². The molecule has 0 saturated carbocycles. The minimum absolute atomic E-state index is 0.335. The maximum Gasteiger partial charge on any atom is 0.332 e. The van der Waals surface area contributed by atoms with Crippen LogP contribution in [0.1, 0.15) is 6.42 Å². The van der Waals surface area contributed by atoms with E-state index in [0.29, 0.717) is 11.7 Å². The highest BCUT2D eigenvalue weighted by Gasteiger charge is 2.32. The molecule has 3 heteroatoms. The van der Waals surface area contributed by atoms with E-state index in [1.54, 1.807) is 6.08 Å². The van der Waals surface area contributed by atoms with Gasteiger partial charge in [0, 0.05) is 0 Å². The molecule has 130 valence electrons. The van der Waals surface area contributed by atoms with Crippen LogP contribution in [0.4, 0.5) is 0 Å². The second-order valence-electron chi connectivity index (χ2n) is 5.92. The van der Waals surface area contributed by atoms with Gasteiger partial charge in [0.15, 0.2) is 0 Å². The summed E-state index contributed by atoms with van der Waals surface area (Å²) in [6.45, 7) is 1.32. The van der Waals surface area contributed by atoms with Crippen LogP contribution in [-0.2, 0) is 4.79 Å². The fraction of sp³-hybridized carbons (Fsp3) is 0.0435. The smallest absolute Gasteiger partial charge is 0.332 e. The van der Waals surface area contributed by atoms with E-state index in [0.717, 1.165) is 15.9 Å². The molecule has 0 unspecified atom stereocenters. The summed E-state index contributed by atoms with van der Waals surface area (Å²) in [6, 6.07) is 30.0. The Morgan fingerprint density at radius 2 is 1.12 bits per heavy atom. The zero-order valence-corrected chi connectivity index (χ0v) is 15.3. The van der Waals surface area contributed by atoms with Crippen molar-refractivity contribution in [3.8, 4) is 0 Å². The third-order valence-corrected chi connectivity index (χ3v) is 8.82. The Morgan fingerprint density at radius 3 is 1.38 bits per heavy atom. The van der Waals surface area contributed by atoms with Gasteiger partial charge in [0.25, 0.3) is 0 Å². The standard InChI is InChI=1S/C23H21O2P/c1-2-12-22(23(24)25)26(19-13-6-3-7-14-19,20-15-8-4-9-16-20)21-17-10-5-11-18-21/h2-11,13-18H,1,12H2,(H,24,25). The monoisotopic (exact) mass is 360 g/mol. The zero-order chi connectivity index (χ0) is 18.4. The highest BCUT2D eigenvalue weighted by Crippen LogP contribution is 2.46. The summed E-state index contributed by atoms with van der Waals surface area (Å²) in [5.41, 5.74) is 0. The Bertz CT molecular complexity index is 842. The van der Waals surface area contributed by atoms with E-state index in [9.17, 15) is 9.90 Å². The molecule has 0 bridgehead atoms. The summed E-state index contributed by atoms with van der Waals surface area (Å²) in [4.78, 5) is 12.4. The lowest BCUT2D eigenvalue weighted by Gasteiger charge is -2.31. The number of hydrogen-bond donors (Lipinski definition) is 1. The first-order valence-corrected chi connectivity index (χ1v) is 10.3. The van der Waals surface area contributed by atoms with Crippen molar-refractivity contribution in [2.45, 2.75) is 6.42 Å². The van der Waals surface area contributed by atoms with Crippen LogP contribution in [-0.4, -0.2) is 16.4 Å². The van der Waals surface area contributed by atoms with E-state index in [2.05, 4.69) is 6.58 Å². The lowest BCUT2D eigenvalue weighted by molar-refractivity contribution is -0.129. The van der Waals surface area contributed by atoms with Crippen molar-refractivity contribution in [2.24, 2.45) is 0 Å². The van der Waals surface area contributed by atoms with Crippen LogP contribution in [0.2, 0.25) is 0 Å². The number of benzene rings is 3. The Kier molecular flexibility index (Phi) is 5.55. The highest BCUT2D eigenvalue weighted by molar-refractivity contribution is 7.96. The summed E-state index contributed by atoms with van der Waals surface area (Å²) in [7, 11) is 0. The van der Waals surface area contributed by atoms with Crippen LogP contribution in [0, 0.1) is 0 Å². The fourth-order valence-electron chi connectivity index (χ4n) is 3.37. The summed E-state index contributed by atoms with van der Waals surface area (Å²) in [5, 5.41) is 13.8. The van der Waals surface area contributed by atoms with Gasteiger partial charge in [-0.3, -0.25) is 0 Å². The van der Waals surface area contributed by atoms with Crippen LogP contribution < -0.4 is 15.9 Å². The number of hydrogen-bond acceptors (Lipinski definition) is 1. The maximum atomic E-state index is 12.4. The molecule has 1 N–H and O–H groups in total. The molecule has 3 rings (SSSR count). The molecule has 0 atom stereocenters. The van der Waals surface area contributed by atoms with Crippen LogP contribution in [0.15, 0.2) is 104 Å². The number of carboxylic acid groups (broad SMARTS) is 1. The molecule has 26 heavy (non-hydrogen) atoms. The molecule has 0 radical (unpaired) electrons. The summed E-state index contributed by atoms with van der Waals surface area (Å²) >= 11 is 0. The van der Waals surface area contributed by atoms with Crippen molar-refractivity contribution in [3.05, 3.63) is 104 Å². The molecular formula is C23H21O2P. The quantitative estimate of drug-likeness (QED) is 0.536. The zero-order valence-electron chi connectivity index (χ0n) is 14.5. The molecule has 0 saturated heterocycles. The van der Waals surface area contributed by atoms with Gasteiger partial charge in [-0.1, -0.05) is 97.1 Å². The molecule has 0 aliphatic carbocycles. The first kappa shape index (κ1) is 18.0. The largest absolute Gasteiger partial charge is 0.478 e.